The summed E-state index contributed by atoms with van der Waals surface area (Å²) in [5.74, 6) is 1.25. The van der Waals surface area contributed by atoms with Crippen molar-refractivity contribution in [1.82, 2.24) is 20.0 Å². The van der Waals surface area contributed by atoms with E-state index in [0.717, 1.165) is 6.42 Å². The minimum Gasteiger partial charge on any atom is -0.493 e. The molecule has 0 spiro atoms. The van der Waals surface area contributed by atoms with Crippen molar-refractivity contribution in [2.75, 3.05) is 27.1 Å². The van der Waals surface area contributed by atoms with Gasteiger partial charge in [-0.2, -0.15) is 9.78 Å². The van der Waals surface area contributed by atoms with Crippen LogP contribution in [0, 0.1) is 0 Å². The summed E-state index contributed by atoms with van der Waals surface area (Å²) in [5, 5.41) is 7.51. The van der Waals surface area contributed by atoms with Crippen molar-refractivity contribution in [2.24, 2.45) is 5.10 Å². The molecule has 0 unspecified atom stereocenters. The molecule has 0 aliphatic rings. The summed E-state index contributed by atoms with van der Waals surface area (Å²) in [6, 6.07) is 10.9. The molecule has 35 heavy (non-hydrogen) atoms. The van der Waals surface area contributed by atoms with Gasteiger partial charge in [0.2, 0.25) is 5.75 Å². The van der Waals surface area contributed by atoms with Crippen LogP contribution in [0.4, 0.5) is 5.82 Å². The second kappa shape index (κ2) is 9.88. The molecule has 4 rings (SSSR count). The lowest BCUT2D eigenvalue weighted by atomic mass is 10.2. The van der Waals surface area contributed by atoms with E-state index < -0.39 is 0 Å². The average Bonchev–Trinajstić information content (AvgIpc) is 3.14. The molecule has 10 nitrogen and oxygen atoms in total. The largest absolute Gasteiger partial charge is 0.493 e. The van der Waals surface area contributed by atoms with Gasteiger partial charge in [0.25, 0.3) is 5.91 Å². The van der Waals surface area contributed by atoms with Gasteiger partial charge in [-0.05, 0) is 37.6 Å². The maximum atomic E-state index is 13.1. The zero-order valence-corrected chi connectivity index (χ0v) is 20.3. The van der Waals surface area contributed by atoms with Crippen LogP contribution in [0.2, 0.25) is 0 Å². The molecule has 0 aliphatic carbocycles. The van der Waals surface area contributed by atoms with Crippen LogP contribution < -0.4 is 25.3 Å². The number of rotatable bonds is 8. The smallest absolute Gasteiger partial charge is 0.257 e. The fourth-order valence-corrected chi connectivity index (χ4v) is 3.69. The molecular formula is C25H28N6O4. The van der Waals surface area contributed by atoms with Gasteiger partial charge in [-0.25, -0.2) is 9.97 Å². The van der Waals surface area contributed by atoms with Gasteiger partial charge in [0.1, 0.15) is 16.9 Å². The van der Waals surface area contributed by atoms with Crippen molar-refractivity contribution in [3.8, 4) is 17.2 Å². The number of nitrogens with two attached hydrogens (primary N) is 1. The molecule has 0 fully saturated rings. The lowest BCUT2D eigenvalue weighted by Gasteiger charge is -2.12. The molecule has 2 aromatic carbocycles. The number of carbonyl (C=O) groups is 1. The molecule has 0 saturated heterocycles. The summed E-state index contributed by atoms with van der Waals surface area (Å²) < 4.78 is 17.6. The van der Waals surface area contributed by atoms with Gasteiger partial charge in [0.05, 0.1) is 38.6 Å². The number of anilines is 1. The maximum Gasteiger partial charge on any atom is 0.257 e. The second-order valence-electron chi connectivity index (χ2n) is 7.94. The lowest BCUT2D eigenvalue weighted by Crippen LogP contribution is -2.32. The fourth-order valence-electron chi connectivity index (χ4n) is 3.69. The van der Waals surface area contributed by atoms with Gasteiger partial charge in [-0.15, -0.1) is 0 Å². The summed E-state index contributed by atoms with van der Waals surface area (Å²) in [4.78, 5) is 22.5. The Morgan fingerprint density at radius 2 is 1.74 bits per heavy atom. The van der Waals surface area contributed by atoms with Crippen LogP contribution in [0.5, 0.6) is 17.2 Å². The van der Waals surface area contributed by atoms with E-state index in [1.165, 1.54) is 11.8 Å². The van der Waals surface area contributed by atoms with Crippen LogP contribution in [0.3, 0.4) is 0 Å². The number of aromatic nitrogens is 3. The van der Waals surface area contributed by atoms with Crippen LogP contribution in [0.15, 0.2) is 41.5 Å². The van der Waals surface area contributed by atoms with Crippen LogP contribution >= 0.6 is 0 Å². The number of ether oxygens (including phenoxy) is 3. The molecule has 0 bridgehead atoms. The molecular weight excluding hydrogens is 448 g/mol. The van der Waals surface area contributed by atoms with E-state index in [2.05, 4.69) is 10.4 Å². The predicted octanol–water partition coefficient (Wildman–Crippen LogP) is 3.60. The Labute approximate surface area is 202 Å². The average molecular weight is 477 g/mol. The van der Waals surface area contributed by atoms with E-state index in [4.69, 9.17) is 29.9 Å². The van der Waals surface area contributed by atoms with Crippen molar-refractivity contribution in [3.05, 3.63) is 47.5 Å². The Hall–Kier alpha value is -4.34. The van der Waals surface area contributed by atoms with Gasteiger partial charge in [-0.3, -0.25) is 4.79 Å². The van der Waals surface area contributed by atoms with E-state index in [1.54, 1.807) is 32.6 Å². The Bertz CT molecular complexity index is 1400. The second-order valence-corrected chi connectivity index (χ2v) is 7.94. The maximum absolute atomic E-state index is 13.1. The molecule has 1 atom stereocenters. The van der Waals surface area contributed by atoms with E-state index in [-0.39, 0.29) is 23.3 Å². The monoisotopic (exact) mass is 476 g/mol. The van der Waals surface area contributed by atoms with Gasteiger partial charge in [0.15, 0.2) is 17.1 Å². The van der Waals surface area contributed by atoms with Crippen LogP contribution in [0.1, 0.15) is 36.2 Å². The summed E-state index contributed by atoms with van der Waals surface area (Å²) >= 11 is 0. The lowest BCUT2D eigenvalue weighted by molar-refractivity contribution is 0.0941. The highest BCUT2D eigenvalue weighted by molar-refractivity contribution is 6.10. The number of hydrogen-bond donors (Lipinski definition) is 2. The van der Waals surface area contributed by atoms with E-state index in [1.807, 2.05) is 38.1 Å². The SMILES string of the molecule is CC[C@@H](C)NC(=O)c1c(N)n(/N=C\c2cc(OC)c(OC)c(OC)c2)c2nc3ccccc3nc12. The number of hydrogen-bond acceptors (Lipinski definition) is 8. The van der Waals surface area contributed by atoms with Crippen molar-refractivity contribution in [1.29, 1.82) is 0 Å². The first kappa shape index (κ1) is 23.8. The Morgan fingerprint density at radius 1 is 1.11 bits per heavy atom. The van der Waals surface area contributed by atoms with Gasteiger partial charge >= 0.3 is 0 Å². The molecule has 0 aliphatic heterocycles. The number of benzene rings is 2. The van der Waals surface area contributed by atoms with Crippen molar-refractivity contribution in [2.45, 2.75) is 26.3 Å². The summed E-state index contributed by atoms with van der Waals surface area (Å²) in [7, 11) is 4.62. The zero-order valence-electron chi connectivity index (χ0n) is 20.3. The number of nitrogens with zero attached hydrogens (tertiary/aromatic N) is 4. The molecule has 2 aromatic heterocycles. The van der Waals surface area contributed by atoms with Crippen LogP contribution in [-0.2, 0) is 0 Å². The van der Waals surface area contributed by atoms with Crippen molar-refractivity contribution < 1.29 is 19.0 Å². The molecule has 1 amide bonds. The third kappa shape index (κ3) is 4.42. The van der Waals surface area contributed by atoms with Crippen molar-refractivity contribution in [3.63, 3.8) is 0 Å². The first-order valence-corrected chi connectivity index (χ1v) is 11.1. The quantitative estimate of drug-likeness (QED) is 0.372. The highest BCUT2D eigenvalue weighted by Gasteiger charge is 2.25. The third-order valence-corrected chi connectivity index (χ3v) is 5.70. The first-order valence-electron chi connectivity index (χ1n) is 11.1. The standard InChI is InChI=1S/C25H28N6O4/c1-6-14(2)28-25(32)20-21-24(30-17-10-8-7-9-16(17)29-21)31(23(20)26)27-13-15-11-18(33-3)22(35-5)19(12-15)34-4/h7-14H,6,26H2,1-5H3,(H,28,32)/b27-13-/t14-/m1/s1. The minimum atomic E-state index is -0.326. The highest BCUT2D eigenvalue weighted by atomic mass is 16.5. The Morgan fingerprint density at radius 3 is 2.31 bits per heavy atom. The molecule has 182 valence electrons. The normalized spacial score (nSPS) is 12.3. The molecule has 0 saturated carbocycles. The van der Waals surface area contributed by atoms with Gasteiger partial charge < -0.3 is 25.3 Å². The highest BCUT2D eigenvalue weighted by Crippen LogP contribution is 2.38. The Balaban J connectivity index is 1.89. The number of nitrogens with one attached hydrogen (secondary N) is 1. The molecule has 0 radical (unpaired) electrons. The minimum absolute atomic E-state index is 0.0311. The topological polar surface area (TPSA) is 126 Å². The summed E-state index contributed by atoms with van der Waals surface area (Å²) in [5.41, 5.74) is 9.43. The number of nitrogen functional groups attached to an aromatic ring is 1. The molecule has 2 heterocycles. The van der Waals surface area contributed by atoms with E-state index >= 15 is 0 Å². The number of amides is 1. The Kier molecular flexibility index (Phi) is 6.72. The molecule has 4 aromatic rings. The van der Waals surface area contributed by atoms with Gasteiger partial charge in [0, 0.05) is 11.6 Å². The third-order valence-electron chi connectivity index (χ3n) is 5.70. The molecule has 3 N–H and O–H groups in total. The fraction of sp³-hybridized carbons (Fsp3) is 0.280. The predicted molar refractivity (Wildman–Crippen MR) is 136 cm³/mol. The summed E-state index contributed by atoms with van der Waals surface area (Å²) in [6.07, 6.45) is 2.35. The number of para-hydroxylation sites is 2. The molecule has 10 heteroatoms. The summed E-state index contributed by atoms with van der Waals surface area (Å²) in [6.45, 7) is 3.92. The number of methoxy groups -OCH3 is 3. The van der Waals surface area contributed by atoms with Crippen LogP contribution in [-0.4, -0.2) is 54.1 Å². The first-order chi connectivity index (χ1) is 16.9. The van der Waals surface area contributed by atoms with Gasteiger partial charge in [-0.1, -0.05) is 19.1 Å². The van der Waals surface area contributed by atoms with E-state index in [0.29, 0.717) is 45.0 Å². The van der Waals surface area contributed by atoms with Crippen LogP contribution in [0.25, 0.3) is 22.2 Å². The van der Waals surface area contributed by atoms with E-state index in [9.17, 15) is 4.79 Å². The zero-order chi connectivity index (χ0) is 25.1. The number of fused-ring (bicyclic) bond motifs is 2. The number of carbonyl (C=O) groups excluding carboxylic acids is 1. The van der Waals surface area contributed by atoms with Crippen molar-refractivity contribution >= 4 is 40.1 Å².